The fraction of sp³-hybridized carbons (Fsp3) is 0.619. The van der Waals surface area contributed by atoms with E-state index in [-0.39, 0.29) is 0 Å². The summed E-state index contributed by atoms with van der Waals surface area (Å²) in [7, 11) is 2.23. The lowest BCUT2D eigenvalue weighted by Gasteiger charge is -2.43. The summed E-state index contributed by atoms with van der Waals surface area (Å²) < 4.78 is 5.50. The molecule has 0 atom stereocenters. The van der Waals surface area contributed by atoms with Crippen LogP contribution in [0.3, 0.4) is 0 Å². The highest BCUT2D eigenvalue weighted by Gasteiger charge is 2.27. The zero-order chi connectivity index (χ0) is 17.9. The molecule has 0 bridgehead atoms. The smallest absolute Gasteiger partial charge is 0.0653 e. The van der Waals surface area contributed by atoms with E-state index < -0.39 is 0 Å². The molecular weight excluding hydrogens is 324 g/mol. The fourth-order valence-corrected chi connectivity index (χ4v) is 4.52. The van der Waals surface area contributed by atoms with Crippen LogP contribution < -0.4 is 10.6 Å². The zero-order valence-electron chi connectivity index (χ0n) is 16.0. The van der Waals surface area contributed by atoms with Gasteiger partial charge in [0.05, 0.1) is 13.2 Å². The van der Waals surface area contributed by atoms with Crippen LogP contribution in [0.15, 0.2) is 24.3 Å². The number of likely N-dealkylation sites (N-methyl/N-ethyl adjacent to an activating group) is 1. The number of nitrogens with zero attached hydrogens (tertiary/aromatic N) is 3. The molecule has 0 amide bonds. The Balaban J connectivity index is 1.45. The van der Waals surface area contributed by atoms with Crippen molar-refractivity contribution in [2.24, 2.45) is 0 Å². The van der Waals surface area contributed by atoms with Gasteiger partial charge in [0.25, 0.3) is 0 Å². The van der Waals surface area contributed by atoms with Crippen molar-refractivity contribution >= 4 is 16.9 Å². The van der Waals surface area contributed by atoms with Crippen molar-refractivity contribution in [3.63, 3.8) is 0 Å². The summed E-state index contributed by atoms with van der Waals surface area (Å²) in [6.07, 6.45) is 5.72. The summed E-state index contributed by atoms with van der Waals surface area (Å²) >= 11 is 0. The third kappa shape index (κ3) is 3.90. The molecule has 5 heteroatoms. The second-order valence-corrected chi connectivity index (χ2v) is 7.89. The molecule has 142 valence electrons. The topological polar surface area (TPSA) is 45.0 Å². The van der Waals surface area contributed by atoms with Gasteiger partial charge >= 0.3 is 0 Å². The molecule has 3 heterocycles. The van der Waals surface area contributed by atoms with Crippen molar-refractivity contribution in [2.75, 3.05) is 70.2 Å². The Kier molecular flexibility index (Phi) is 5.48. The van der Waals surface area contributed by atoms with E-state index in [1.54, 1.807) is 0 Å². The number of piperazine rings is 1. The normalized spacial score (nSPS) is 23.9. The molecule has 2 fully saturated rings. The third-order valence-electron chi connectivity index (χ3n) is 6.19. The molecule has 2 saturated heterocycles. The van der Waals surface area contributed by atoms with Gasteiger partial charge in [0.2, 0.25) is 0 Å². The van der Waals surface area contributed by atoms with E-state index in [9.17, 15) is 0 Å². The molecule has 4 rings (SSSR count). The number of anilines is 2. The molecule has 2 N–H and O–H groups in total. The molecule has 5 nitrogen and oxygen atoms in total. The largest absolute Gasteiger partial charge is 0.399 e. The van der Waals surface area contributed by atoms with Crippen molar-refractivity contribution < 1.29 is 4.74 Å². The van der Waals surface area contributed by atoms with E-state index in [0.717, 1.165) is 44.5 Å². The Labute approximate surface area is 157 Å². The van der Waals surface area contributed by atoms with E-state index in [4.69, 9.17) is 10.5 Å². The molecular formula is C21H32N4O. The summed E-state index contributed by atoms with van der Waals surface area (Å²) in [5.74, 6) is 0. The quantitative estimate of drug-likeness (QED) is 0.842. The fourth-order valence-electron chi connectivity index (χ4n) is 4.52. The SMILES string of the molecule is CN1CCN(C2CCN(c3ccc(N)cc3C3=CCOCC3)CC2)CC1. The number of nitrogen functional groups attached to an aromatic ring is 1. The zero-order valence-corrected chi connectivity index (χ0v) is 16.0. The molecule has 0 radical (unpaired) electrons. The Hall–Kier alpha value is -1.56. The lowest BCUT2D eigenvalue weighted by Crippen LogP contribution is -2.52. The van der Waals surface area contributed by atoms with Gasteiger partial charge in [0.1, 0.15) is 0 Å². The predicted molar refractivity (Wildman–Crippen MR) is 109 cm³/mol. The second-order valence-electron chi connectivity index (χ2n) is 7.89. The van der Waals surface area contributed by atoms with Gasteiger partial charge in [-0.3, -0.25) is 4.90 Å². The highest BCUT2D eigenvalue weighted by molar-refractivity contribution is 5.80. The number of rotatable bonds is 3. The van der Waals surface area contributed by atoms with Crippen LogP contribution in [-0.2, 0) is 4.74 Å². The minimum atomic E-state index is 0.717. The summed E-state index contributed by atoms with van der Waals surface area (Å²) in [5, 5.41) is 0. The number of hydrogen-bond acceptors (Lipinski definition) is 5. The molecule has 0 aromatic heterocycles. The highest BCUT2D eigenvalue weighted by Crippen LogP contribution is 2.34. The van der Waals surface area contributed by atoms with Crippen LogP contribution in [0.5, 0.6) is 0 Å². The van der Waals surface area contributed by atoms with Gasteiger partial charge in [0.15, 0.2) is 0 Å². The third-order valence-corrected chi connectivity index (χ3v) is 6.19. The number of ether oxygens (including phenoxy) is 1. The minimum Gasteiger partial charge on any atom is -0.399 e. The first-order valence-corrected chi connectivity index (χ1v) is 10.0. The Morgan fingerprint density at radius 2 is 1.81 bits per heavy atom. The van der Waals surface area contributed by atoms with Crippen molar-refractivity contribution in [3.8, 4) is 0 Å². The van der Waals surface area contributed by atoms with E-state index >= 15 is 0 Å². The van der Waals surface area contributed by atoms with Crippen LogP contribution in [0.25, 0.3) is 5.57 Å². The first kappa shape index (κ1) is 17.8. The highest BCUT2D eigenvalue weighted by atomic mass is 16.5. The number of hydrogen-bond donors (Lipinski definition) is 1. The Bertz CT molecular complexity index is 643. The standard InChI is InChI=1S/C21H32N4O/c1-23-10-12-24(13-11-23)19-4-8-25(9-5-19)21-3-2-18(22)16-20(21)17-6-14-26-15-7-17/h2-3,6,16,19H,4-5,7-15,22H2,1H3. The molecule has 0 saturated carbocycles. The number of piperidine rings is 1. The van der Waals surface area contributed by atoms with Crippen molar-refractivity contribution in [1.82, 2.24) is 9.80 Å². The summed E-state index contributed by atoms with van der Waals surface area (Å²) in [5.41, 5.74) is 11.0. The molecule has 3 aliphatic rings. The average molecular weight is 357 g/mol. The maximum Gasteiger partial charge on any atom is 0.0653 e. The first-order chi connectivity index (χ1) is 12.7. The number of nitrogens with two attached hydrogens (primary N) is 1. The van der Waals surface area contributed by atoms with Crippen LogP contribution in [0, 0.1) is 0 Å². The van der Waals surface area contributed by atoms with Crippen LogP contribution in [0.4, 0.5) is 11.4 Å². The molecule has 26 heavy (non-hydrogen) atoms. The van der Waals surface area contributed by atoms with Gasteiger partial charge in [0, 0.05) is 62.2 Å². The number of benzene rings is 1. The van der Waals surface area contributed by atoms with Gasteiger partial charge in [-0.2, -0.15) is 0 Å². The monoisotopic (exact) mass is 356 g/mol. The van der Waals surface area contributed by atoms with Crippen LogP contribution in [-0.4, -0.2) is 75.4 Å². The van der Waals surface area contributed by atoms with E-state index in [2.05, 4.69) is 40.0 Å². The van der Waals surface area contributed by atoms with Crippen LogP contribution in [0.1, 0.15) is 24.8 Å². The summed E-state index contributed by atoms with van der Waals surface area (Å²) in [4.78, 5) is 7.72. The minimum absolute atomic E-state index is 0.717. The molecule has 3 aliphatic heterocycles. The maximum atomic E-state index is 6.11. The van der Waals surface area contributed by atoms with Crippen molar-refractivity contribution in [2.45, 2.75) is 25.3 Å². The molecule has 0 aliphatic carbocycles. The Morgan fingerprint density at radius 3 is 2.50 bits per heavy atom. The van der Waals surface area contributed by atoms with Crippen molar-refractivity contribution in [1.29, 1.82) is 0 Å². The first-order valence-electron chi connectivity index (χ1n) is 10.0. The van der Waals surface area contributed by atoms with Gasteiger partial charge in [-0.15, -0.1) is 0 Å². The van der Waals surface area contributed by atoms with Gasteiger partial charge < -0.3 is 20.3 Å². The van der Waals surface area contributed by atoms with Gasteiger partial charge in [-0.25, -0.2) is 0 Å². The van der Waals surface area contributed by atoms with Crippen LogP contribution >= 0.6 is 0 Å². The maximum absolute atomic E-state index is 6.11. The molecule has 1 aromatic rings. The Morgan fingerprint density at radius 1 is 1.04 bits per heavy atom. The lowest BCUT2D eigenvalue weighted by atomic mass is 9.96. The second kappa shape index (κ2) is 7.99. The average Bonchev–Trinajstić information content (AvgIpc) is 2.69. The van der Waals surface area contributed by atoms with Gasteiger partial charge in [-0.05, 0) is 50.1 Å². The molecule has 1 aromatic carbocycles. The van der Waals surface area contributed by atoms with Crippen LogP contribution in [0.2, 0.25) is 0 Å². The molecule has 0 unspecified atom stereocenters. The van der Waals surface area contributed by atoms with Gasteiger partial charge in [-0.1, -0.05) is 6.08 Å². The van der Waals surface area contributed by atoms with Crippen molar-refractivity contribution in [3.05, 3.63) is 29.8 Å². The molecule has 0 spiro atoms. The van der Waals surface area contributed by atoms with E-state index in [0.29, 0.717) is 0 Å². The summed E-state index contributed by atoms with van der Waals surface area (Å²) in [6.45, 7) is 8.66. The lowest BCUT2D eigenvalue weighted by molar-refractivity contribution is 0.0982. The van der Waals surface area contributed by atoms with E-state index in [1.165, 1.54) is 55.8 Å². The predicted octanol–water partition coefficient (Wildman–Crippen LogP) is 2.29. The summed E-state index contributed by atoms with van der Waals surface area (Å²) in [6, 6.07) is 7.17. The van der Waals surface area contributed by atoms with E-state index in [1.807, 2.05) is 6.07 Å².